The lowest BCUT2D eigenvalue weighted by Crippen LogP contribution is -2.36. The normalized spacial score (nSPS) is 16.3. The average Bonchev–Trinajstić information content (AvgIpc) is 3.52. The number of rotatable bonds is 3. The Hall–Kier alpha value is -4.08. The van der Waals surface area contributed by atoms with E-state index in [1.165, 1.54) is 0 Å². The number of aromatic nitrogens is 8. The molecule has 10 nitrogen and oxygen atoms in total. The van der Waals surface area contributed by atoms with E-state index in [0.29, 0.717) is 24.1 Å². The molecule has 29 heavy (non-hydrogen) atoms. The molecular weight excluding hydrogens is 370 g/mol. The van der Waals surface area contributed by atoms with Gasteiger partial charge in [0.2, 0.25) is 0 Å². The second-order valence-electron chi connectivity index (χ2n) is 6.73. The molecule has 142 valence electrons. The highest BCUT2D eigenvalue weighted by atomic mass is 16.4. The van der Waals surface area contributed by atoms with Gasteiger partial charge in [0.05, 0.1) is 29.4 Å². The number of H-pyrrole nitrogens is 1. The predicted octanol–water partition coefficient (Wildman–Crippen LogP) is 2.05. The lowest BCUT2D eigenvalue weighted by Gasteiger charge is -2.32. The Morgan fingerprint density at radius 2 is 2.14 bits per heavy atom. The second-order valence-corrected chi connectivity index (χ2v) is 6.73. The summed E-state index contributed by atoms with van der Waals surface area (Å²) in [5, 5.41) is 13.2. The first-order valence-corrected chi connectivity index (χ1v) is 9.20. The van der Waals surface area contributed by atoms with E-state index in [1.54, 1.807) is 24.9 Å². The van der Waals surface area contributed by atoms with Crippen LogP contribution in [0.3, 0.4) is 0 Å². The molecule has 0 amide bonds. The molecule has 5 aromatic heterocycles. The first-order chi connectivity index (χ1) is 14.4. The van der Waals surface area contributed by atoms with E-state index in [2.05, 4.69) is 36.2 Å². The third-order valence-corrected chi connectivity index (χ3v) is 5.04. The van der Waals surface area contributed by atoms with Crippen molar-refractivity contribution in [3.63, 3.8) is 0 Å². The summed E-state index contributed by atoms with van der Waals surface area (Å²) in [6.45, 7) is 0.690. The number of imidazole rings is 1. The molecule has 1 aliphatic heterocycles. The maximum atomic E-state index is 5.96. The summed E-state index contributed by atoms with van der Waals surface area (Å²) in [5.41, 5.74) is 4.42. The largest absolute Gasteiger partial charge is 0.401 e. The van der Waals surface area contributed by atoms with Crippen LogP contribution in [0, 0.1) is 0 Å². The molecule has 0 saturated carbocycles. The Morgan fingerprint density at radius 1 is 1.14 bits per heavy atom. The number of aromatic amines is 1. The highest BCUT2D eigenvalue weighted by molar-refractivity contribution is 5.53. The molecule has 1 N–H and O–H groups in total. The van der Waals surface area contributed by atoms with Crippen LogP contribution in [0.4, 0.5) is 6.01 Å². The number of hydrogen-bond acceptors (Lipinski definition) is 8. The predicted molar refractivity (Wildman–Crippen MR) is 102 cm³/mol. The molecule has 1 aliphatic rings. The van der Waals surface area contributed by atoms with E-state index in [9.17, 15) is 0 Å². The second kappa shape index (κ2) is 6.23. The molecule has 6 heterocycles. The Bertz CT molecular complexity index is 1260. The molecule has 5 aromatic rings. The fourth-order valence-electron chi connectivity index (χ4n) is 3.72. The van der Waals surface area contributed by atoms with Gasteiger partial charge in [-0.05, 0) is 18.2 Å². The molecule has 0 spiro atoms. The van der Waals surface area contributed by atoms with Crippen molar-refractivity contribution in [2.75, 3.05) is 11.4 Å². The highest BCUT2D eigenvalue weighted by Crippen LogP contribution is 2.36. The molecule has 0 fully saturated rings. The van der Waals surface area contributed by atoms with Crippen LogP contribution in [-0.2, 0) is 6.42 Å². The number of hydrogen-bond donors (Lipinski definition) is 1. The van der Waals surface area contributed by atoms with E-state index in [-0.39, 0.29) is 6.04 Å². The number of anilines is 1. The first kappa shape index (κ1) is 15.9. The smallest absolute Gasteiger partial charge is 0.319 e. The van der Waals surface area contributed by atoms with Gasteiger partial charge in [-0.25, -0.2) is 14.5 Å². The Morgan fingerprint density at radius 3 is 3.03 bits per heavy atom. The summed E-state index contributed by atoms with van der Waals surface area (Å²) in [4.78, 5) is 18.1. The maximum absolute atomic E-state index is 5.96. The van der Waals surface area contributed by atoms with Gasteiger partial charge in [0.1, 0.15) is 11.7 Å². The molecule has 0 aromatic carbocycles. The van der Waals surface area contributed by atoms with Gasteiger partial charge in [-0.15, -0.1) is 5.10 Å². The molecule has 1 unspecified atom stereocenters. The number of fused-ring (bicyclic) bond motifs is 2. The van der Waals surface area contributed by atoms with E-state index in [0.717, 1.165) is 29.0 Å². The standard InChI is InChI=1S/C19H15N9O/c1-2-7-28-12(3-1)9-14(26-28)17-16-13(22-11-23-16)4-8-27(17)19-25-24-18(29-19)15-10-20-5-6-21-15/h1-3,5-7,9-11,17H,4,8H2,(H,22,23). The summed E-state index contributed by atoms with van der Waals surface area (Å²) in [5.74, 6) is 0.328. The van der Waals surface area contributed by atoms with Crippen molar-refractivity contribution in [3.05, 3.63) is 72.5 Å². The minimum Gasteiger partial charge on any atom is -0.401 e. The van der Waals surface area contributed by atoms with Crippen molar-refractivity contribution in [2.24, 2.45) is 0 Å². The van der Waals surface area contributed by atoms with Crippen molar-refractivity contribution < 1.29 is 4.42 Å². The van der Waals surface area contributed by atoms with Crippen LogP contribution in [0.2, 0.25) is 0 Å². The molecule has 1 atom stereocenters. The van der Waals surface area contributed by atoms with Crippen LogP contribution < -0.4 is 4.90 Å². The van der Waals surface area contributed by atoms with Crippen molar-refractivity contribution in [2.45, 2.75) is 12.5 Å². The zero-order valence-electron chi connectivity index (χ0n) is 15.2. The van der Waals surface area contributed by atoms with Crippen LogP contribution >= 0.6 is 0 Å². The summed E-state index contributed by atoms with van der Waals surface area (Å²) in [7, 11) is 0. The van der Waals surface area contributed by atoms with Gasteiger partial charge >= 0.3 is 6.01 Å². The Labute approximate surface area is 164 Å². The third kappa shape index (κ3) is 2.57. The average molecular weight is 385 g/mol. The quantitative estimate of drug-likeness (QED) is 0.502. The lowest BCUT2D eigenvalue weighted by molar-refractivity contribution is 0.502. The van der Waals surface area contributed by atoms with E-state index < -0.39 is 0 Å². The number of nitrogens with one attached hydrogen (secondary N) is 1. The summed E-state index contributed by atoms with van der Waals surface area (Å²) in [6, 6.07) is 8.19. The third-order valence-electron chi connectivity index (χ3n) is 5.04. The minimum absolute atomic E-state index is 0.236. The van der Waals surface area contributed by atoms with Gasteiger partial charge in [0.25, 0.3) is 5.89 Å². The fourth-order valence-corrected chi connectivity index (χ4v) is 3.72. The summed E-state index contributed by atoms with van der Waals surface area (Å²) < 4.78 is 7.81. The van der Waals surface area contributed by atoms with Crippen molar-refractivity contribution in [3.8, 4) is 11.6 Å². The molecule has 0 bridgehead atoms. The zero-order chi connectivity index (χ0) is 19.2. The van der Waals surface area contributed by atoms with E-state index in [1.807, 2.05) is 33.8 Å². The fraction of sp³-hybridized carbons (Fsp3) is 0.158. The number of pyridine rings is 1. The van der Waals surface area contributed by atoms with Crippen LogP contribution in [0.15, 0.2) is 59.8 Å². The molecule has 6 rings (SSSR count). The van der Waals surface area contributed by atoms with Crippen LogP contribution in [0.5, 0.6) is 0 Å². The highest BCUT2D eigenvalue weighted by Gasteiger charge is 2.36. The molecule has 10 heteroatoms. The van der Waals surface area contributed by atoms with Gasteiger partial charge in [-0.3, -0.25) is 4.98 Å². The molecule has 0 saturated heterocycles. The Kier molecular flexibility index (Phi) is 3.42. The van der Waals surface area contributed by atoms with Crippen LogP contribution in [-0.4, -0.2) is 46.3 Å². The van der Waals surface area contributed by atoms with Gasteiger partial charge in [-0.1, -0.05) is 11.2 Å². The van der Waals surface area contributed by atoms with Crippen molar-refractivity contribution >= 4 is 11.5 Å². The first-order valence-electron chi connectivity index (χ1n) is 9.20. The maximum Gasteiger partial charge on any atom is 0.319 e. The summed E-state index contributed by atoms with van der Waals surface area (Å²) >= 11 is 0. The monoisotopic (exact) mass is 385 g/mol. The van der Waals surface area contributed by atoms with Crippen molar-refractivity contribution in [1.29, 1.82) is 0 Å². The summed E-state index contributed by atoms with van der Waals surface area (Å²) in [6.07, 6.45) is 9.23. The molecular formula is C19H15N9O. The van der Waals surface area contributed by atoms with E-state index >= 15 is 0 Å². The van der Waals surface area contributed by atoms with Gasteiger partial charge in [0, 0.05) is 37.3 Å². The van der Waals surface area contributed by atoms with Crippen LogP contribution in [0.25, 0.3) is 17.1 Å². The topological polar surface area (TPSA) is 114 Å². The zero-order valence-corrected chi connectivity index (χ0v) is 15.2. The van der Waals surface area contributed by atoms with Crippen molar-refractivity contribution in [1.82, 2.24) is 39.7 Å². The Balaban J connectivity index is 1.45. The van der Waals surface area contributed by atoms with E-state index in [4.69, 9.17) is 9.52 Å². The lowest BCUT2D eigenvalue weighted by atomic mass is 10.0. The van der Waals surface area contributed by atoms with Crippen LogP contribution in [0.1, 0.15) is 23.1 Å². The van der Waals surface area contributed by atoms with Gasteiger partial charge in [-0.2, -0.15) is 5.10 Å². The molecule has 0 radical (unpaired) electrons. The SMILES string of the molecule is c1ccn2nc(C3c4nc[nH]c4CCN3c3nnc(-c4cnccn4)o3)cc2c1. The molecule has 0 aliphatic carbocycles. The minimum atomic E-state index is -0.236. The van der Waals surface area contributed by atoms with Gasteiger partial charge in [0.15, 0.2) is 0 Å². The number of nitrogens with zero attached hydrogens (tertiary/aromatic N) is 8. The van der Waals surface area contributed by atoms with Gasteiger partial charge < -0.3 is 14.3 Å².